The highest BCUT2D eigenvalue weighted by molar-refractivity contribution is 5.79. The van der Waals surface area contributed by atoms with Crippen molar-refractivity contribution in [3.8, 4) is 17.1 Å². The normalized spacial score (nSPS) is 11.2. The van der Waals surface area contributed by atoms with Crippen LogP contribution in [0.2, 0.25) is 0 Å². The average molecular weight is 455 g/mol. The third-order valence-corrected chi connectivity index (χ3v) is 5.24. The van der Waals surface area contributed by atoms with Crippen LogP contribution in [-0.4, -0.2) is 40.9 Å². The number of carboxylic acid groups (broad SMARTS) is 1. The van der Waals surface area contributed by atoms with Crippen molar-refractivity contribution in [1.29, 1.82) is 0 Å². The Kier molecular flexibility index (Phi) is 13.5. The highest BCUT2D eigenvalue weighted by atomic mass is 16.5. The minimum atomic E-state index is -0.867. The zero-order chi connectivity index (χ0) is 23.6. The summed E-state index contributed by atoms with van der Waals surface area (Å²) >= 11 is 0. The first-order valence-electron chi connectivity index (χ1n) is 12.2. The maximum absolute atomic E-state index is 10.4. The minimum Gasteiger partial charge on any atom is -0.490 e. The van der Waals surface area contributed by atoms with Crippen molar-refractivity contribution < 1.29 is 19.4 Å². The van der Waals surface area contributed by atoms with Crippen molar-refractivity contribution in [1.82, 2.24) is 9.97 Å². The van der Waals surface area contributed by atoms with E-state index in [4.69, 9.17) is 14.6 Å². The number of carbonyl (C=O) groups is 1. The molecule has 2 aromatic rings. The van der Waals surface area contributed by atoms with Gasteiger partial charge in [0, 0.05) is 24.9 Å². The largest absolute Gasteiger partial charge is 0.490 e. The molecule has 1 heterocycles. The third-order valence-electron chi connectivity index (χ3n) is 5.24. The zero-order valence-electron chi connectivity index (χ0n) is 19.9. The molecule has 0 aliphatic rings. The van der Waals surface area contributed by atoms with Gasteiger partial charge in [0.15, 0.2) is 11.6 Å². The lowest BCUT2D eigenvalue weighted by molar-refractivity contribution is -0.131. The first-order chi connectivity index (χ1) is 16.2. The van der Waals surface area contributed by atoms with Gasteiger partial charge in [0.1, 0.15) is 0 Å². The molecule has 180 valence electrons. The Hall–Kier alpha value is -2.73. The molecule has 0 saturated carbocycles. The number of ether oxygens (including phenoxy) is 2. The molecule has 33 heavy (non-hydrogen) atoms. The van der Waals surface area contributed by atoms with Crippen LogP contribution in [0.5, 0.6) is 5.75 Å². The van der Waals surface area contributed by atoms with Gasteiger partial charge in [-0.25, -0.2) is 14.8 Å². The smallest absolute Gasteiger partial charge is 0.327 e. The van der Waals surface area contributed by atoms with Gasteiger partial charge in [-0.15, -0.1) is 0 Å². The van der Waals surface area contributed by atoms with Gasteiger partial charge >= 0.3 is 5.97 Å². The first kappa shape index (κ1) is 26.5. The average Bonchev–Trinajstić information content (AvgIpc) is 2.83. The summed E-state index contributed by atoms with van der Waals surface area (Å²) < 4.78 is 11.2. The maximum atomic E-state index is 10.4. The summed E-state index contributed by atoms with van der Waals surface area (Å²) in [5, 5.41) is 8.55. The van der Waals surface area contributed by atoms with Crippen LogP contribution in [0, 0.1) is 0 Å². The molecule has 2 rings (SSSR count). The summed E-state index contributed by atoms with van der Waals surface area (Å²) in [4.78, 5) is 19.3. The van der Waals surface area contributed by atoms with Gasteiger partial charge in [0.2, 0.25) is 0 Å². The molecule has 0 atom stereocenters. The highest BCUT2D eigenvalue weighted by Gasteiger charge is 2.03. The van der Waals surface area contributed by atoms with Crippen LogP contribution in [-0.2, 0) is 16.0 Å². The van der Waals surface area contributed by atoms with E-state index in [1.165, 1.54) is 24.5 Å². The number of hydrogen-bond acceptors (Lipinski definition) is 5. The number of aliphatic carboxylic acids is 1. The number of nitrogens with zero attached hydrogens (tertiary/aromatic N) is 2. The fourth-order valence-corrected chi connectivity index (χ4v) is 3.41. The molecule has 0 amide bonds. The predicted molar refractivity (Wildman–Crippen MR) is 131 cm³/mol. The van der Waals surface area contributed by atoms with Gasteiger partial charge in [-0.05, 0) is 50.5 Å². The van der Waals surface area contributed by atoms with Crippen LogP contribution >= 0.6 is 0 Å². The summed E-state index contributed by atoms with van der Waals surface area (Å²) in [6.07, 6.45) is 17.1. The molecule has 0 aliphatic heterocycles. The molecule has 6 heteroatoms. The second kappa shape index (κ2) is 16.8. The van der Waals surface area contributed by atoms with Crippen LogP contribution in [0.1, 0.15) is 70.3 Å². The fourth-order valence-electron chi connectivity index (χ4n) is 3.41. The summed E-state index contributed by atoms with van der Waals surface area (Å²) in [6.45, 7) is 4.37. The summed E-state index contributed by atoms with van der Waals surface area (Å²) in [5.41, 5.74) is 2.33. The van der Waals surface area contributed by atoms with E-state index in [-0.39, 0.29) is 0 Å². The Bertz CT molecular complexity index is 804. The molecule has 1 N–H and O–H groups in total. The molecule has 0 unspecified atom stereocenters. The molecule has 1 aromatic heterocycles. The van der Waals surface area contributed by atoms with E-state index in [0.717, 1.165) is 70.1 Å². The van der Waals surface area contributed by atoms with Crippen molar-refractivity contribution in [2.45, 2.75) is 71.1 Å². The first-order valence-corrected chi connectivity index (χ1v) is 12.2. The molecular formula is C27H38N2O4. The summed E-state index contributed by atoms with van der Waals surface area (Å²) in [6, 6.07) is 8.47. The van der Waals surface area contributed by atoms with Crippen LogP contribution in [0.15, 0.2) is 48.8 Å². The molecule has 0 radical (unpaired) electrons. The van der Waals surface area contributed by atoms with Crippen molar-refractivity contribution in [3.05, 3.63) is 54.4 Å². The van der Waals surface area contributed by atoms with E-state index in [2.05, 4.69) is 41.2 Å². The predicted octanol–water partition coefficient (Wildman–Crippen LogP) is 6.25. The number of rotatable bonds is 18. The maximum Gasteiger partial charge on any atom is 0.327 e. The Morgan fingerprint density at radius 2 is 1.61 bits per heavy atom. The fraction of sp³-hybridized carbons (Fsp3) is 0.519. The van der Waals surface area contributed by atoms with E-state index in [9.17, 15) is 4.79 Å². The van der Waals surface area contributed by atoms with Crippen molar-refractivity contribution >= 4 is 5.97 Å². The number of carboxylic acids is 1. The monoisotopic (exact) mass is 454 g/mol. The Morgan fingerprint density at radius 3 is 2.33 bits per heavy atom. The molecule has 0 spiro atoms. The van der Waals surface area contributed by atoms with Crippen molar-refractivity contribution in [3.63, 3.8) is 0 Å². The Balaban J connectivity index is 1.61. The summed E-state index contributed by atoms with van der Waals surface area (Å²) in [7, 11) is 0. The molecule has 1 aromatic carbocycles. The van der Waals surface area contributed by atoms with Crippen LogP contribution in [0.4, 0.5) is 0 Å². The van der Waals surface area contributed by atoms with Crippen molar-refractivity contribution in [2.75, 3.05) is 19.8 Å². The van der Waals surface area contributed by atoms with Gasteiger partial charge < -0.3 is 14.6 Å². The van der Waals surface area contributed by atoms with E-state index < -0.39 is 5.97 Å². The second-order valence-corrected chi connectivity index (χ2v) is 8.15. The Labute approximate surface area is 198 Å². The van der Waals surface area contributed by atoms with Gasteiger partial charge in [-0.3, -0.25) is 0 Å². The van der Waals surface area contributed by atoms with Crippen LogP contribution < -0.4 is 4.74 Å². The van der Waals surface area contributed by atoms with Gasteiger partial charge in [-0.2, -0.15) is 0 Å². The lowest BCUT2D eigenvalue weighted by atomic mass is 10.0. The van der Waals surface area contributed by atoms with Crippen LogP contribution in [0.3, 0.4) is 0 Å². The lowest BCUT2D eigenvalue weighted by Gasteiger charge is -2.07. The molecule has 6 nitrogen and oxygen atoms in total. The standard InChI is InChI=1S/C27H38N2O4/c1-2-18-32-19-10-11-20-33-25-21-28-27(29-22-25)24-16-14-23(15-17-24)12-8-6-4-3-5-7-9-13-26(30)31/h9,13-17,21-22H,2-8,10-12,18-20H2,1H3,(H,30,31)/b13-9+. The quantitative estimate of drug-likeness (QED) is 0.212. The number of hydrogen-bond donors (Lipinski definition) is 1. The minimum absolute atomic E-state index is 0.647. The number of unbranched alkanes of at least 4 members (excludes halogenated alkanes) is 6. The van der Waals surface area contributed by atoms with E-state index >= 15 is 0 Å². The zero-order valence-corrected chi connectivity index (χ0v) is 19.9. The molecule has 0 aliphatic carbocycles. The second-order valence-electron chi connectivity index (χ2n) is 8.15. The number of benzene rings is 1. The van der Waals surface area contributed by atoms with Crippen molar-refractivity contribution in [2.24, 2.45) is 0 Å². The topological polar surface area (TPSA) is 81.5 Å². The van der Waals surface area contributed by atoms with Gasteiger partial charge in [-0.1, -0.05) is 56.5 Å². The number of allylic oxidation sites excluding steroid dienone is 1. The van der Waals surface area contributed by atoms with E-state index in [0.29, 0.717) is 18.2 Å². The third kappa shape index (κ3) is 12.2. The SMILES string of the molecule is CCCOCCCCOc1cnc(-c2ccc(CCCCCCC/C=C/C(=O)O)cc2)nc1. The van der Waals surface area contributed by atoms with Crippen LogP contribution in [0.25, 0.3) is 11.4 Å². The van der Waals surface area contributed by atoms with E-state index in [1.807, 2.05) is 0 Å². The number of aryl methyl sites for hydroxylation is 1. The molecule has 0 saturated heterocycles. The molecular weight excluding hydrogens is 416 g/mol. The number of aromatic nitrogens is 2. The van der Waals surface area contributed by atoms with Gasteiger partial charge in [0.05, 0.1) is 19.0 Å². The van der Waals surface area contributed by atoms with Gasteiger partial charge in [0.25, 0.3) is 0 Å². The summed E-state index contributed by atoms with van der Waals surface area (Å²) in [5.74, 6) is 0.537. The van der Waals surface area contributed by atoms with E-state index in [1.54, 1.807) is 18.5 Å². The lowest BCUT2D eigenvalue weighted by Crippen LogP contribution is -2.02. The molecule has 0 fully saturated rings. The highest BCUT2D eigenvalue weighted by Crippen LogP contribution is 2.19. The molecule has 0 bridgehead atoms. The Morgan fingerprint density at radius 1 is 0.909 bits per heavy atom.